The van der Waals surface area contributed by atoms with E-state index in [0.717, 1.165) is 5.56 Å². The number of hydrogen-bond acceptors (Lipinski definition) is 4. The molecule has 0 fully saturated rings. The van der Waals surface area contributed by atoms with E-state index in [4.69, 9.17) is 27.3 Å². The zero-order valence-corrected chi connectivity index (χ0v) is 11.2. The van der Waals surface area contributed by atoms with E-state index in [9.17, 15) is 5.11 Å². The summed E-state index contributed by atoms with van der Waals surface area (Å²) in [6.07, 6.45) is 0. The first kappa shape index (κ1) is 14.0. The van der Waals surface area contributed by atoms with Crippen LogP contribution in [0.3, 0.4) is 0 Å². The Morgan fingerprint density at radius 1 is 1.20 bits per heavy atom. The minimum absolute atomic E-state index is 0.115. The van der Waals surface area contributed by atoms with Crippen LogP contribution in [0, 0.1) is 0 Å². The molecule has 104 valence electrons. The van der Waals surface area contributed by atoms with Crippen molar-refractivity contribution in [3.63, 3.8) is 0 Å². The van der Waals surface area contributed by atoms with E-state index in [0.29, 0.717) is 16.3 Å². The lowest BCUT2D eigenvalue weighted by molar-refractivity contribution is 0.303. The fraction of sp³-hybridized carbons (Fsp3) is 0.0714. The lowest BCUT2D eigenvalue weighted by Crippen LogP contribution is -2.15. The molecular formula is C14H13ClN2O3. The van der Waals surface area contributed by atoms with E-state index in [1.807, 2.05) is 0 Å². The third kappa shape index (κ3) is 3.13. The quantitative estimate of drug-likeness (QED) is 0.350. The second kappa shape index (κ2) is 6.16. The van der Waals surface area contributed by atoms with Crippen LogP contribution in [0.2, 0.25) is 5.02 Å². The smallest absolute Gasteiger partial charge is 0.175 e. The molecule has 5 nitrogen and oxygen atoms in total. The maximum absolute atomic E-state index is 9.21. The highest BCUT2D eigenvalue weighted by Gasteiger charge is 2.12. The van der Waals surface area contributed by atoms with Gasteiger partial charge in [0.15, 0.2) is 5.84 Å². The van der Waals surface area contributed by atoms with Crippen molar-refractivity contribution in [2.75, 3.05) is 0 Å². The van der Waals surface area contributed by atoms with Gasteiger partial charge >= 0.3 is 0 Å². The van der Waals surface area contributed by atoms with Crippen LogP contribution in [0.25, 0.3) is 0 Å². The van der Waals surface area contributed by atoms with Crippen molar-refractivity contribution < 1.29 is 15.1 Å². The first-order valence-corrected chi connectivity index (χ1v) is 6.16. The largest absolute Gasteiger partial charge is 0.508 e. The summed E-state index contributed by atoms with van der Waals surface area (Å²) in [6, 6.07) is 11.6. The highest BCUT2D eigenvalue weighted by molar-refractivity contribution is 6.34. The minimum atomic E-state index is -0.115. The van der Waals surface area contributed by atoms with Gasteiger partial charge in [-0.3, -0.25) is 0 Å². The molecule has 0 spiro atoms. The Morgan fingerprint density at radius 2 is 1.90 bits per heavy atom. The van der Waals surface area contributed by atoms with Crippen molar-refractivity contribution in [2.24, 2.45) is 10.9 Å². The number of benzene rings is 2. The van der Waals surface area contributed by atoms with E-state index in [1.165, 1.54) is 0 Å². The van der Waals surface area contributed by atoms with Crippen LogP contribution >= 0.6 is 11.6 Å². The molecule has 4 N–H and O–H groups in total. The summed E-state index contributed by atoms with van der Waals surface area (Å²) >= 11 is 6.02. The maximum atomic E-state index is 9.21. The molecule has 0 aliphatic carbocycles. The molecule has 0 amide bonds. The number of hydrogen-bond donors (Lipinski definition) is 3. The van der Waals surface area contributed by atoms with E-state index < -0.39 is 0 Å². The number of phenolic OH excluding ortho intramolecular Hbond substituents is 1. The van der Waals surface area contributed by atoms with Gasteiger partial charge in [-0.25, -0.2) is 0 Å². The van der Waals surface area contributed by atoms with Crippen molar-refractivity contribution in [2.45, 2.75) is 6.61 Å². The Bertz CT molecular complexity index is 627. The molecule has 0 aliphatic rings. The van der Waals surface area contributed by atoms with Crippen molar-refractivity contribution in [3.8, 4) is 11.5 Å². The normalized spacial score (nSPS) is 11.3. The van der Waals surface area contributed by atoms with Gasteiger partial charge in [-0.05, 0) is 29.8 Å². The molecule has 2 aromatic rings. The molecule has 0 atom stereocenters. The predicted molar refractivity (Wildman–Crippen MR) is 76.4 cm³/mol. The number of nitrogens with two attached hydrogens (primary N) is 1. The molecule has 6 heteroatoms. The first-order chi connectivity index (χ1) is 9.61. The van der Waals surface area contributed by atoms with Gasteiger partial charge in [0.25, 0.3) is 0 Å². The predicted octanol–water partition coefficient (Wildman–Crippen LogP) is 2.72. The Kier molecular flexibility index (Phi) is 4.32. The highest BCUT2D eigenvalue weighted by Crippen LogP contribution is 2.27. The van der Waals surface area contributed by atoms with E-state index in [-0.39, 0.29) is 18.2 Å². The lowest BCUT2D eigenvalue weighted by Gasteiger charge is -2.12. The SMILES string of the molecule is N/C(=N/O)c1c(Cl)cccc1OCc1ccc(O)cc1. The minimum Gasteiger partial charge on any atom is -0.508 e. The molecule has 0 heterocycles. The van der Waals surface area contributed by atoms with E-state index in [2.05, 4.69) is 5.16 Å². The molecule has 20 heavy (non-hydrogen) atoms. The average Bonchev–Trinajstić information content (AvgIpc) is 2.46. The zero-order valence-electron chi connectivity index (χ0n) is 10.5. The Labute approximate surface area is 120 Å². The van der Waals surface area contributed by atoms with Gasteiger partial charge in [0.2, 0.25) is 0 Å². The first-order valence-electron chi connectivity index (χ1n) is 5.79. The van der Waals surface area contributed by atoms with Crippen LogP contribution < -0.4 is 10.5 Å². The Balaban J connectivity index is 2.21. The van der Waals surface area contributed by atoms with Gasteiger partial charge < -0.3 is 20.8 Å². The van der Waals surface area contributed by atoms with Crippen molar-refractivity contribution in [1.82, 2.24) is 0 Å². The zero-order chi connectivity index (χ0) is 14.5. The van der Waals surface area contributed by atoms with Crippen LogP contribution in [0.15, 0.2) is 47.6 Å². The number of amidine groups is 1. The fourth-order valence-corrected chi connectivity index (χ4v) is 1.94. The molecular weight excluding hydrogens is 280 g/mol. The van der Waals surface area contributed by atoms with Crippen molar-refractivity contribution >= 4 is 17.4 Å². The molecule has 0 radical (unpaired) electrons. The van der Waals surface area contributed by atoms with Gasteiger partial charge in [0, 0.05) is 0 Å². The summed E-state index contributed by atoms with van der Waals surface area (Å²) < 4.78 is 5.63. The standard InChI is InChI=1S/C14H13ClN2O3/c15-11-2-1-3-12(13(11)14(16)17-19)20-8-9-4-6-10(18)7-5-9/h1-7,18-19H,8H2,(H2,16,17). The maximum Gasteiger partial charge on any atom is 0.175 e. The molecule has 0 aromatic heterocycles. The van der Waals surface area contributed by atoms with Gasteiger partial charge in [-0.2, -0.15) is 0 Å². The molecule has 0 aliphatic heterocycles. The molecule has 0 saturated heterocycles. The average molecular weight is 293 g/mol. The third-order valence-electron chi connectivity index (χ3n) is 2.67. The number of aromatic hydroxyl groups is 1. The number of halogens is 1. The summed E-state index contributed by atoms with van der Waals surface area (Å²) in [5, 5.41) is 21.3. The molecule has 2 aromatic carbocycles. The number of rotatable bonds is 4. The summed E-state index contributed by atoms with van der Waals surface area (Å²) in [4.78, 5) is 0. The summed E-state index contributed by atoms with van der Waals surface area (Å²) in [5.74, 6) is 0.492. The molecule has 2 rings (SSSR count). The summed E-state index contributed by atoms with van der Waals surface area (Å²) in [5.41, 5.74) is 6.80. The highest BCUT2D eigenvalue weighted by atomic mass is 35.5. The lowest BCUT2D eigenvalue weighted by atomic mass is 10.2. The van der Waals surface area contributed by atoms with Crippen LogP contribution in [-0.4, -0.2) is 16.1 Å². The van der Waals surface area contributed by atoms with Gasteiger partial charge in [0.1, 0.15) is 18.1 Å². The topological polar surface area (TPSA) is 88.1 Å². The second-order valence-corrected chi connectivity index (χ2v) is 4.46. The number of nitrogens with zero attached hydrogens (tertiary/aromatic N) is 1. The van der Waals surface area contributed by atoms with Crippen LogP contribution in [0.5, 0.6) is 11.5 Å². The van der Waals surface area contributed by atoms with Crippen LogP contribution in [0.4, 0.5) is 0 Å². The molecule has 0 bridgehead atoms. The monoisotopic (exact) mass is 292 g/mol. The third-order valence-corrected chi connectivity index (χ3v) is 2.98. The van der Waals surface area contributed by atoms with E-state index in [1.54, 1.807) is 42.5 Å². The van der Waals surface area contributed by atoms with E-state index >= 15 is 0 Å². The molecule has 0 saturated carbocycles. The summed E-state index contributed by atoms with van der Waals surface area (Å²) in [7, 11) is 0. The van der Waals surface area contributed by atoms with Crippen molar-refractivity contribution in [3.05, 3.63) is 58.6 Å². The van der Waals surface area contributed by atoms with Gasteiger partial charge in [-0.1, -0.05) is 35.0 Å². The van der Waals surface area contributed by atoms with Gasteiger partial charge in [0.05, 0.1) is 10.6 Å². The number of phenols is 1. The fourth-order valence-electron chi connectivity index (χ4n) is 1.68. The second-order valence-electron chi connectivity index (χ2n) is 4.05. The Hall–Kier alpha value is -2.40. The van der Waals surface area contributed by atoms with Crippen molar-refractivity contribution in [1.29, 1.82) is 0 Å². The van der Waals surface area contributed by atoms with Crippen LogP contribution in [-0.2, 0) is 6.61 Å². The molecule has 0 unspecified atom stereocenters. The van der Waals surface area contributed by atoms with Gasteiger partial charge in [-0.15, -0.1) is 0 Å². The number of oxime groups is 1. The number of ether oxygens (including phenoxy) is 1. The summed E-state index contributed by atoms with van der Waals surface area (Å²) in [6.45, 7) is 0.270. The van der Waals surface area contributed by atoms with Crippen LogP contribution in [0.1, 0.15) is 11.1 Å². The Morgan fingerprint density at radius 3 is 2.55 bits per heavy atom.